The average Bonchev–Trinajstić information content (AvgIpc) is 2.71. The molecule has 0 fully saturated rings. The summed E-state index contributed by atoms with van der Waals surface area (Å²) in [4.78, 5) is 37.1. The Bertz CT molecular complexity index is 961. The fraction of sp³-hybridized carbons (Fsp3) is 0.423. The molecule has 34 heavy (non-hydrogen) atoms. The van der Waals surface area contributed by atoms with Crippen LogP contribution in [0.3, 0.4) is 0 Å². The summed E-state index contributed by atoms with van der Waals surface area (Å²) in [5.74, 6) is -0.392. The van der Waals surface area contributed by atoms with E-state index in [1.807, 2.05) is 39.0 Å². The van der Waals surface area contributed by atoms with Gasteiger partial charge in [-0.1, -0.05) is 42.5 Å². The first-order valence-electron chi connectivity index (χ1n) is 11.2. The van der Waals surface area contributed by atoms with Gasteiger partial charge < -0.3 is 25.4 Å². The van der Waals surface area contributed by atoms with Crippen LogP contribution < -0.4 is 16.0 Å². The van der Waals surface area contributed by atoms with E-state index in [9.17, 15) is 14.4 Å². The van der Waals surface area contributed by atoms with Crippen molar-refractivity contribution in [1.29, 1.82) is 0 Å². The highest BCUT2D eigenvalue weighted by Gasteiger charge is 2.26. The van der Waals surface area contributed by atoms with Crippen LogP contribution in [0.15, 0.2) is 54.6 Å². The van der Waals surface area contributed by atoms with Gasteiger partial charge in [-0.25, -0.2) is 9.59 Å². The molecule has 0 aromatic heterocycles. The second kappa shape index (κ2) is 11.5. The molecule has 0 heterocycles. The number of carbonyl (C=O) groups is 3. The molecule has 0 aliphatic carbocycles. The molecule has 0 saturated heterocycles. The van der Waals surface area contributed by atoms with Crippen molar-refractivity contribution in [1.82, 2.24) is 10.6 Å². The second-order valence-electron chi connectivity index (χ2n) is 9.85. The van der Waals surface area contributed by atoms with Crippen LogP contribution in [0.4, 0.5) is 15.3 Å². The van der Waals surface area contributed by atoms with Gasteiger partial charge in [0.2, 0.25) is 0 Å². The number of carbonyl (C=O) groups excluding carboxylic acids is 3. The highest BCUT2D eigenvalue weighted by Crippen LogP contribution is 2.18. The second-order valence-corrected chi connectivity index (χ2v) is 9.85. The summed E-state index contributed by atoms with van der Waals surface area (Å²) in [6.45, 7) is 11.1. The molecule has 2 rings (SSSR count). The standard InChI is InChI=1S/C26H35N3O5/c1-25(2,3)33-23(31)27-17-16-18-12-14-20(15-13-18)28-22(30)21(19-10-8-7-9-11-19)29-24(32)34-26(4,5)6/h7-15,21H,16-17H2,1-6H3,(H,27,31)(H,28,30)(H,29,32)/t21-/m0/s1. The van der Waals surface area contributed by atoms with Crippen molar-refractivity contribution in [2.24, 2.45) is 0 Å². The Labute approximate surface area is 201 Å². The zero-order chi connectivity index (χ0) is 25.4. The SMILES string of the molecule is CC(C)(C)OC(=O)NCCc1ccc(NC(=O)[C@@H](NC(=O)OC(C)(C)C)c2ccccc2)cc1. The van der Waals surface area contributed by atoms with E-state index in [4.69, 9.17) is 9.47 Å². The van der Waals surface area contributed by atoms with Gasteiger partial charge in [-0.3, -0.25) is 4.79 Å². The smallest absolute Gasteiger partial charge is 0.408 e. The van der Waals surface area contributed by atoms with Crippen LogP contribution in [0.2, 0.25) is 0 Å². The Morgan fingerprint density at radius 3 is 1.91 bits per heavy atom. The van der Waals surface area contributed by atoms with E-state index in [0.717, 1.165) is 5.56 Å². The predicted octanol–water partition coefficient (Wildman–Crippen LogP) is 4.96. The third-order valence-electron chi connectivity index (χ3n) is 4.36. The van der Waals surface area contributed by atoms with E-state index in [0.29, 0.717) is 24.2 Å². The van der Waals surface area contributed by atoms with E-state index in [1.165, 1.54) is 0 Å². The van der Waals surface area contributed by atoms with E-state index in [2.05, 4.69) is 16.0 Å². The van der Waals surface area contributed by atoms with E-state index in [-0.39, 0.29) is 0 Å². The van der Waals surface area contributed by atoms with Crippen molar-refractivity contribution in [2.45, 2.75) is 65.2 Å². The molecule has 0 spiro atoms. The van der Waals surface area contributed by atoms with Crippen LogP contribution in [0, 0.1) is 0 Å². The summed E-state index contributed by atoms with van der Waals surface area (Å²) in [6, 6.07) is 15.3. The number of hydrogen-bond acceptors (Lipinski definition) is 5. The van der Waals surface area contributed by atoms with Crippen LogP contribution in [0.5, 0.6) is 0 Å². The third-order valence-corrected chi connectivity index (χ3v) is 4.36. The molecule has 0 radical (unpaired) electrons. The molecule has 1 atom stereocenters. The minimum absolute atomic E-state index is 0.392. The van der Waals surface area contributed by atoms with Gasteiger partial charge in [-0.2, -0.15) is 0 Å². The van der Waals surface area contributed by atoms with Crippen LogP contribution in [-0.4, -0.2) is 35.8 Å². The maximum atomic E-state index is 13.0. The Morgan fingerprint density at radius 2 is 1.35 bits per heavy atom. The minimum atomic E-state index is -0.922. The lowest BCUT2D eigenvalue weighted by molar-refractivity contribution is -0.118. The van der Waals surface area contributed by atoms with Crippen molar-refractivity contribution >= 4 is 23.8 Å². The van der Waals surface area contributed by atoms with Gasteiger partial charge in [0.1, 0.15) is 17.2 Å². The number of nitrogens with one attached hydrogen (secondary N) is 3. The number of anilines is 1. The first-order chi connectivity index (χ1) is 15.8. The molecular weight excluding hydrogens is 434 g/mol. The van der Waals surface area contributed by atoms with Crippen molar-refractivity contribution in [2.75, 3.05) is 11.9 Å². The zero-order valence-corrected chi connectivity index (χ0v) is 20.7. The average molecular weight is 470 g/mol. The van der Waals surface area contributed by atoms with Gasteiger partial charge in [0.15, 0.2) is 0 Å². The van der Waals surface area contributed by atoms with E-state index >= 15 is 0 Å². The maximum absolute atomic E-state index is 13.0. The molecule has 184 valence electrons. The lowest BCUT2D eigenvalue weighted by Crippen LogP contribution is -2.40. The molecule has 0 unspecified atom stereocenters. The lowest BCUT2D eigenvalue weighted by Gasteiger charge is -2.23. The molecule has 3 amide bonds. The zero-order valence-electron chi connectivity index (χ0n) is 20.7. The molecular formula is C26H35N3O5. The summed E-state index contributed by atoms with van der Waals surface area (Å²) in [6.07, 6.45) is -0.523. The van der Waals surface area contributed by atoms with Crippen LogP contribution in [-0.2, 0) is 20.7 Å². The number of alkyl carbamates (subject to hydrolysis) is 2. The normalized spacial score (nSPS) is 12.3. The van der Waals surface area contributed by atoms with Gasteiger partial charge >= 0.3 is 12.2 Å². The molecule has 8 nitrogen and oxygen atoms in total. The highest BCUT2D eigenvalue weighted by atomic mass is 16.6. The van der Waals surface area contributed by atoms with Gasteiger partial charge in [0.25, 0.3) is 5.91 Å². The quantitative estimate of drug-likeness (QED) is 0.532. The van der Waals surface area contributed by atoms with Crippen molar-refractivity contribution < 1.29 is 23.9 Å². The highest BCUT2D eigenvalue weighted by molar-refractivity contribution is 5.97. The molecule has 0 bridgehead atoms. The first kappa shape index (κ1) is 26.7. The van der Waals surface area contributed by atoms with Gasteiger partial charge in [0, 0.05) is 12.2 Å². The van der Waals surface area contributed by atoms with Gasteiger partial charge in [-0.05, 0) is 71.2 Å². The summed E-state index contributed by atoms with van der Waals surface area (Å²) in [5, 5.41) is 8.21. The largest absolute Gasteiger partial charge is 0.444 e. The predicted molar refractivity (Wildman–Crippen MR) is 132 cm³/mol. The summed E-state index contributed by atoms with van der Waals surface area (Å²) in [5.41, 5.74) is 0.979. The number of hydrogen-bond donors (Lipinski definition) is 3. The Kier molecular flexibility index (Phi) is 9.06. The van der Waals surface area contributed by atoms with Crippen LogP contribution in [0.25, 0.3) is 0 Å². The molecule has 0 saturated carbocycles. The van der Waals surface area contributed by atoms with Gasteiger partial charge in [0.05, 0.1) is 0 Å². The number of benzene rings is 2. The Hall–Kier alpha value is -3.55. The van der Waals surface area contributed by atoms with Crippen molar-refractivity contribution in [3.05, 3.63) is 65.7 Å². The van der Waals surface area contributed by atoms with Crippen LogP contribution in [0.1, 0.15) is 58.7 Å². The van der Waals surface area contributed by atoms with Crippen LogP contribution >= 0.6 is 0 Å². The lowest BCUT2D eigenvalue weighted by atomic mass is 10.1. The molecule has 0 aliphatic heterocycles. The minimum Gasteiger partial charge on any atom is -0.444 e. The van der Waals surface area contributed by atoms with E-state index < -0.39 is 35.3 Å². The summed E-state index contributed by atoms with van der Waals surface area (Å²) >= 11 is 0. The number of amides is 3. The molecule has 2 aromatic carbocycles. The number of rotatable bonds is 7. The Morgan fingerprint density at radius 1 is 0.794 bits per heavy atom. The van der Waals surface area contributed by atoms with Crippen molar-refractivity contribution in [3.8, 4) is 0 Å². The monoisotopic (exact) mass is 469 g/mol. The fourth-order valence-corrected chi connectivity index (χ4v) is 2.96. The molecule has 0 aliphatic rings. The first-order valence-corrected chi connectivity index (χ1v) is 11.2. The Balaban J connectivity index is 1.98. The topological polar surface area (TPSA) is 106 Å². The van der Waals surface area contributed by atoms with Crippen molar-refractivity contribution in [3.63, 3.8) is 0 Å². The van der Waals surface area contributed by atoms with Gasteiger partial charge in [-0.15, -0.1) is 0 Å². The summed E-state index contributed by atoms with van der Waals surface area (Å²) < 4.78 is 10.5. The number of ether oxygens (including phenoxy) is 2. The molecule has 2 aromatic rings. The third kappa shape index (κ3) is 9.94. The van der Waals surface area contributed by atoms with E-state index in [1.54, 1.807) is 57.2 Å². The molecule has 8 heteroatoms. The summed E-state index contributed by atoms with van der Waals surface area (Å²) in [7, 11) is 0. The fourth-order valence-electron chi connectivity index (χ4n) is 2.96. The molecule has 3 N–H and O–H groups in total. The maximum Gasteiger partial charge on any atom is 0.408 e.